The Morgan fingerprint density at radius 2 is 2.05 bits per heavy atom. The Kier molecular flexibility index (Phi) is 3.77. The van der Waals surface area contributed by atoms with E-state index in [0.29, 0.717) is 19.0 Å². The van der Waals surface area contributed by atoms with Crippen LogP contribution in [-0.4, -0.2) is 35.6 Å². The minimum Gasteiger partial charge on any atom is -0.272 e. The lowest BCUT2D eigenvalue weighted by atomic mass is 10.0. The average molecular weight is 326 g/mol. The molecule has 1 saturated heterocycles. The highest BCUT2D eigenvalue weighted by atomic mass is 35.5. The maximum absolute atomic E-state index is 12.5. The zero-order valence-electron chi connectivity index (χ0n) is 11.6. The molecule has 0 saturated carbocycles. The highest BCUT2D eigenvalue weighted by molar-refractivity contribution is 7.89. The molecule has 0 unspecified atom stereocenters. The maximum atomic E-state index is 12.5. The van der Waals surface area contributed by atoms with Crippen molar-refractivity contribution in [3.8, 4) is 0 Å². The summed E-state index contributed by atoms with van der Waals surface area (Å²) in [6.45, 7) is 3.74. The molecule has 0 spiro atoms. The molecule has 0 amide bonds. The Morgan fingerprint density at radius 1 is 1.33 bits per heavy atom. The summed E-state index contributed by atoms with van der Waals surface area (Å²) in [5, 5.41) is 4.49. The number of hydrogen-bond acceptors (Lipinski definition) is 3. The number of hydrogen-bond donors (Lipinski definition) is 0. The number of benzene rings is 1. The van der Waals surface area contributed by atoms with Crippen molar-refractivity contribution in [2.75, 3.05) is 13.1 Å². The van der Waals surface area contributed by atoms with Gasteiger partial charge in [-0.3, -0.25) is 4.68 Å². The summed E-state index contributed by atoms with van der Waals surface area (Å²) in [7, 11) is -3.48. The number of aryl methyl sites for hydroxylation is 1. The van der Waals surface area contributed by atoms with Crippen LogP contribution in [0.4, 0.5) is 0 Å². The van der Waals surface area contributed by atoms with Crippen molar-refractivity contribution < 1.29 is 8.42 Å². The molecule has 1 aliphatic heterocycles. The Bertz CT molecular complexity index is 751. The van der Waals surface area contributed by atoms with Gasteiger partial charge < -0.3 is 0 Å². The fourth-order valence-electron chi connectivity index (χ4n) is 2.46. The van der Waals surface area contributed by atoms with E-state index in [9.17, 15) is 8.42 Å². The van der Waals surface area contributed by atoms with Crippen molar-refractivity contribution in [2.45, 2.75) is 18.4 Å². The van der Waals surface area contributed by atoms with Gasteiger partial charge in [-0.05, 0) is 24.6 Å². The molecule has 0 N–H and O–H groups in total. The van der Waals surface area contributed by atoms with Gasteiger partial charge in [-0.1, -0.05) is 23.7 Å². The monoisotopic (exact) mass is 325 g/mol. The predicted octanol–water partition coefficient (Wildman–Crippen LogP) is 2.17. The molecule has 1 aromatic carbocycles. The predicted molar refractivity (Wildman–Crippen MR) is 80.7 cm³/mol. The highest BCUT2D eigenvalue weighted by Crippen LogP contribution is 2.29. The normalized spacial score (nSPS) is 16.9. The molecule has 0 aliphatic carbocycles. The molecule has 21 heavy (non-hydrogen) atoms. The number of nitrogens with zero attached hydrogens (tertiary/aromatic N) is 3. The maximum Gasteiger partial charge on any atom is 0.244 e. The third-order valence-corrected chi connectivity index (χ3v) is 5.92. The lowest BCUT2D eigenvalue weighted by molar-refractivity contribution is 0.175. The van der Waals surface area contributed by atoms with Crippen molar-refractivity contribution >= 4 is 21.6 Å². The lowest BCUT2D eigenvalue weighted by Crippen LogP contribution is -2.51. The quantitative estimate of drug-likeness (QED) is 0.865. The number of sulfonamides is 1. The van der Waals surface area contributed by atoms with E-state index in [1.165, 1.54) is 4.31 Å². The van der Waals surface area contributed by atoms with E-state index in [4.69, 9.17) is 11.6 Å². The molecular weight excluding hydrogens is 310 g/mol. The first-order chi connectivity index (χ1) is 9.96. The summed E-state index contributed by atoms with van der Waals surface area (Å²) >= 11 is 5.98. The van der Waals surface area contributed by atoms with Crippen LogP contribution in [-0.2, 0) is 16.6 Å². The van der Waals surface area contributed by atoms with E-state index < -0.39 is 10.0 Å². The molecule has 1 fully saturated rings. The van der Waals surface area contributed by atoms with E-state index in [2.05, 4.69) is 5.10 Å². The first-order valence-corrected chi connectivity index (χ1v) is 8.52. The molecule has 2 aromatic rings. The van der Waals surface area contributed by atoms with Crippen LogP contribution < -0.4 is 0 Å². The molecular formula is C14H16ClN3O2S. The Balaban J connectivity index is 1.67. The summed E-state index contributed by atoms with van der Waals surface area (Å²) in [6, 6.07) is 6.54. The minimum absolute atomic E-state index is 0.181. The van der Waals surface area contributed by atoms with Gasteiger partial charge in [0.05, 0.1) is 11.2 Å². The van der Waals surface area contributed by atoms with Gasteiger partial charge in [0, 0.05) is 31.7 Å². The molecule has 1 aromatic heterocycles. The Labute approximate surface area is 129 Å². The van der Waals surface area contributed by atoms with Crippen molar-refractivity contribution in [3.05, 3.63) is 47.2 Å². The average Bonchev–Trinajstić information content (AvgIpc) is 2.79. The minimum atomic E-state index is -3.48. The first-order valence-electron chi connectivity index (χ1n) is 6.70. The third-order valence-electron chi connectivity index (χ3n) is 3.59. The first kappa shape index (κ1) is 14.6. The van der Waals surface area contributed by atoms with Gasteiger partial charge in [0.2, 0.25) is 10.0 Å². The summed E-state index contributed by atoms with van der Waals surface area (Å²) in [5.41, 5.74) is 1.11. The zero-order valence-corrected chi connectivity index (χ0v) is 13.2. The van der Waals surface area contributed by atoms with Crippen LogP contribution in [0.15, 0.2) is 41.6 Å². The number of aromatic nitrogens is 2. The molecule has 5 nitrogen and oxygen atoms in total. The van der Waals surface area contributed by atoms with E-state index >= 15 is 0 Å². The Morgan fingerprint density at radius 3 is 2.67 bits per heavy atom. The van der Waals surface area contributed by atoms with Gasteiger partial charge >= 0.3 is 0 Å². The topological polar surface area (TPSA) is 55.2 Å². The van der Waals surface area contributed by atoms with Crippen molar-refractivity contribution in [1.82, 2.24) is 14.1 Å². The van der Waals surface area contributed by atoms with Crippen molar-refractivity contribution in [1.29, 1.82) is 0 Å². The van der Waals surface area contributed by atoms with Crippen LogP contribution in [0, 0.1) is 12.8 Å². The van der Waals surface area contributed by atoms with E-state index in [1.54, 1.807) is 30.5 Å². The van der Waals surface area contributed by atoms with Gasteiger partial charge in [0.15, 0.2) is 0 Å². The molecule has 112 valence electrons. The number of rotatable bonds is 4. The molecule has 1 aliphatic rings. The second kappa shape index (κ2) is 5.44. The largest absolute Gasteiger partial charge is 0.272 e. The molecule has 0 atom stereocenters. The molecule has 2 heterocycles. The molecule has 7 heteroatoms. The summed E-state index contributed by atoms with van der Waals surface area (Å²) in [5.74, 6) is 0.293. The summed E-state index contributed by atoms with van der Waals surface area (Å²) in [6.07, 6.45) is 3.77. The van der Waals surface area contributed by atoms with Gasteiger partial charge in [0.25, 0.3) is 0 Å². The number of halogens is 1. The van der Waals surface area contributed by atoms with Crippen LogP contribution in [0.5, 0.6) is 0 Å². The Hall–Kier alpha value is -1.37. The molecule has 3 rings (SSSR count). The van der Waals surface area contributed by atoms with E-state index in [0.717, 1.165) is 12.1 Å². The van der Waals surface area contributed by atoms with Gasteiger partial charge in [-0.25, -0.2) is 8.42 Å². The van der Waals surface area contributed by atoms with Gasteiger partial charge in [-0.2, -0.15) is 9.40 Å². The SMILES string of the molecule is Cc1cnn(CC2CN(S(=O)(=O)c3ccccc3Cl)C2)c1. The van der Waals surface area contributed by atoms with E-state index in [-0.39, 0.29) is 9.92 Å². The van der Waals surface area contributed by atoms with Crippen LogP contribution in [0.25, 0.3) is 0 Å². The van der Waals surface area contributed by atoms with Crippen LogP contribution in [0.3, 0.4) is 0 Å². The van der Waals surface area contributed by atoms with Crippen LogP contribution >= 0.6 is 11.6 Å². The summed E-state index contributed by atoms with van der Waals surface area (Å²) in [4.78, 5) is 0.181. The fourth-order valence-corrected chi connectivity index (χ4v) is 4.54. The molecule has 0 bridgehead atoms. The standard InChI is InChI=1S/C14H16ClN3O2S/c1-11-6-16-17(7-11)8-12-9-18(10-12)21(19,20)14-5-3-2-4-13(14)15/h2-7,12H,8-10H2,1H3. The molecule has 0 radical (unpaired) electrons. The van der Waals surface area contributed by atoms with Crippen molar-refractivity contribution in [3.63, 3.8) is 0 Å². The zero-order chi connectivity index (χ0) is 15.0. The lowest BCUT2D eigenvalue weighted by Gasteiger charge is -2.38. The van der Waals surface area contributed by atoms with Crippen LogP contribution in [0.2, 0.25) is 5.02 Å². The summed E-state index contributed by atoms with van der Waals surface area (Å²) < 4.78 is 28.2. The van der Waals surface area contributed by atoms with Crippen LogP contribution in [0.1, 0.15) is 5.56 Å². The fraction of sp³-hybridized carbons (Fsp3) is 0.357. The van der Waals surface area contributed by atoms with E-state index in [1.807, 2.05) is 17.8 Å². The van der Waals surface area contributed by atoms with Gasteiger partial charge in [0.1, 0.15) is 4.90 Å². The smallest absolute Gasteiger partial charge is 0.244 e. The second-order valence-electron chi connectivity index (χ2n) is 5.36. The highest BCUT2D eigenvalue weighted by Gasteiger charge is 2.37. The van der Waals surface area contributed by atoms with Crippen molar-refractivity contribution in [2.24, 2.45) is 5.92 Å². The second-order valence-corrected chi connectivity index (χ2v) is 7.67. The van der Waals surface area contributed by atoms with Gasteiger partial charge in [-0.15, -0.1) is 0 Å². The third kappa shape index (κ3) is 2.84.